The second kappa shape index (κ2) is 10.5. The van der Waals surface area contributed by atoms with Gasteiger partial charge in [0.1, 0.15) is 17.3 Å². The summed E-state index contributed by atoms with van der Waals surface area (Å²) in [5, 5.41) is 11.5. The van der Waals surface area contributed by atoms with Gasteiger partial charge in [0, 0.05) is 23.2 Å². The fourth-order valence-corrected chi connectivity index (χ4v) is 4.31. The van der Waals surface area contributed by atoms with Crippen LogP contribution in [0.15, 0.2) is 48.0 Å². The van der Waals surface area contributed by atoms with E-state index in [1.54, 1.807) is 31.4 Å². The molecule has 1 unspecified atom stereocenters. The molecule has 0 bridgehead atoms. The Morgan fingerprint density at radius 1 is 1.03 bits per heavy atom. The highest BCUT2D eigenvalue weighted by molar-refractivity contribution is 6.46. The molecule has 0 saturated carbocycles. The number of rotatable bonds is 8. The Bertz CT molecular complexity index is 1130. The van der Waals surface area contributed by atoms with E-state index >= 15 is 0 Å². The van der Waals surface area contributed by atoms with Crippen molar-refractivity contribution < 1.29 is 28.9 Å². The van der Waals surface area contributed by atoms with Gasteiger partial charge >= 0.3 is 0 Å². The van der Waals surface area contributed by atoms with E-state index < -0.39 is 17.7 Å². The van der Waals surface area contributed by atoms with Crippen LogP contribution in [-0.2, 0) is 19.7 Å². The number of aliphatic hydroxyl groups is 1. The number of para-hydroxylation sites is 1. The minimum absolute atomic E-state index is 0.0216. The highest BCUT2D eigenvalue weighted by atomic mass is 16.5. The molecule has 1 N–H and O–H groups in total. The molecule has 2 aromatic rings. The molecule has 7 nitrogen and oxygen atoms in total. The molecule has 1 aliphatic rings. The number of likely N-dealkylation sites (tertiary alicyclic amines) is 1. The van der Waals surface area contributed by atoms with Crippen LogP contribution >= 0.6 is 0 Å². The summed E-state index contributed by atoms with van der Waals surface area (Å²) in [6.45, 7) is 10.4. The van der Waals surface area contributed by atoms with E-state index in [0.29, 0.717) is 22.6 Å². The van der Waals surface area contributed by atoms with Crippen molar-refractivity contribution in [3.8, 4) is 11.5 Å². The predicted octanol–water partition coefficient (Wildman–Crippen LogP) is 4.85. The Morgan fingerprint density at radius 3 is 2.29 bits per heavy atom. The normalized spacial score (nSPS) is 17.8. The van der Waals surface area contributed by atoms with Crippen molar-refractivity contribution in [2.45, 2.75) is 52.2 Å². The predicted molar refractivity (Wildman–Crippen MR) is 135 cm³/mol. The van der Waals surface area contributed by atoms with Crippen molar-refractivity contribution in [3.05, 3.63) is 64.7 Å². The average molecular weight is 482 g/mol. The first-order valence-corrected chi connectivity index (χ1v) is 11.7. The monoisotopic (exact) mass is 481 g/mol. The molecule has 1 heterocycles. The molecule has 0 spiro atoms. The molecule has 1 fully saturated rings. The molecule has 0 radical (unpaired) electrons. The second-order valence-electron chi connectivity index (χ2n) is 9.82. The molecule has 3 rings (SSSR count). The topological polar surface area (TPSA) is 85.3 Å². The van der Waals surface area contributed by atoms with Gasteiger partial charge in [-0.25, -0.2) is 0 Å². The number of carbonyl (C=O) groups excluding carboxylic acids is 2. The summed E-state index contributed by atoms with van der Waals surface area (Å²) in [4.78, 5) is 27.9. The molecule has 1 saturated heterocycles. The Balaban J connectivity index is 2.20. The van der Waals surface area contributed by atoms with Gasteiger partial charge in [-0.2, -0.15) is 0 Å². The van der Waals surface area contributed by atoms with Gasteiger partial charge in [0.05, 0.1) is 38.5 Å². The second-order valence-corrected chi connectivity index (χ2v) is 9.82. The molecule has 1 aliphatic heterocycles. The molecule has 0 aromatic heterocycles. The molecule has 2 aromatic carbocycles. The average Bonchev–Trinajstić information content (AvgIpc) is 3.07. The number of aliphatic hydroxyl groups excluding tert-OH is 1. The largest absolute Gasteiger partial charge is 0.507 e. The summed E-state index contributed by atoms with van der Waals surface area (Å²) in [5.41, 5.74) is 1.67. The number of ketones is 1. The molecular formula is C28H35NO6. The first-order valence-electron chi connectivity index (χ1n) is 11.7. The molecule has 35 heavy (non-hydrogen) atoms. The van der Waals surface area contributed by atoms with Crippen LogP contribution < -0.4 is 9.47 Å². The third-order valence-electron chi connectivity index (χ3n) is 6.04. The van der Waals surface area contributed by atoms with Crippen molar-refractivity contribution in [2.75, 3.05) is 27.4 Å². The van der Waals surface area contributed by atoms with E-state index in [4.69, 9.17) is 14.2 Å². The maximum Gasteiger partial charge on any atom is 0.295 e. The minimum atomic E-state index is -0.817. The van der Waals surface area contributed by atoms with E-state index in [0.717, 1.165) is 5.56 Å². The number of Topliss-reactive ketones (excluding diaryl/α,β-unsaturated/α-hetero) is 1. The molecule has 188 valence electrons. The van der Waals surface area contributed by atoms with Gasteiger partial charge in [-0.05, 0) is 43.5 Å². The lowest BCUT2D eigenvalue weighted by molar-refractivity contribution is -0.140. The van der Waals surface area contributed by atoms with Crippen molar-refractivity contribution in [2.24, 2.45) is 0 Å². The third kappa shape index (κ3) is 5.35. The standard InChI is InChI=1S/C28H35NO6/c1-17(2)35-15-14-29-24(19-10-8-9-11-21(19)33-6)23(26(31)27(29)32)25(30)18-12-13-22(34-7)20(16-18)28(3,4)5/h8-13,16-17,24,30H,14-15H2,1-7H3/b25-23+. The Morgan fingerprint density at radius 2 is 1.69 bits per heavy atom. The van der Waals surface area contributed by atoms with Crippen LogP contribution in [0.2, 0.25) is 0 Å². The Kier molecular flexibility index (Phi) is 7.90. The fourth-order valence-electron chi connectivity index (χ4n) is 4.31. The summed E-state index contributed by atoms with van der Waals surface area (Å²) in [6.07, 6.45) is -0.0216. The van der Waals surface area contributed by atoms with Crippen molar-refractivity contribution in [3.63, 3.8) is 0 Å². The van der Waals surface area contributed by atoms with Crippen LogP contribution in [0.1, 0.15) is 57.4 Å². The van der Waals surface area contributed by atoms with Gasteiger partial charge in [0.2, 0.25) is 0 Å². The number of benzene rings is 2. The highest BCUT2D eigenvalue weighted by Crippen LogP contribution is 2.43. The zero-order valence-electron chi connectivity index (χ0n) is 21.5. The Labute approximate surface area is 207 Å². The van der Waals surface area contributed by atoms with Crippen molar-refractivity contribution in [1.29, 1.82) is 0 Å². The number of carbonyl (C=O) groups is 2. The van der Waals surface area contributed by atoms with Crippen molar-refractivity contribution >= 4 is 17.4 Å². The lowest BCUT2D eigenvalue weighted by atomic mass is 9.84. The van der Waals surface area contributed by atoms with Crippen LogP contribution in [0.3, 0.4) is 0 Å². The summed E-state index contributed by atoms with van der Waals surface area (Å²) < 4.78 is 16.7. The van der Waals surface area contributed by atoms with Crippen LogP contribution in [0.4, 0.5) is 0 Å². The quantitative estimate of drug-likeness (QED) is 0.330. The zero-order chi connectivity index (χ0) is 25.9. The number of hydrogen-bond donors (Lipinski definition) is 1. The Hall–Kier alpha value is -3.32. The van der Waals surface area contributed by atoms with Crippen molar-refractivity contribution in [1.82, 2.24) is 4.90 Å². The van der Waals surface area contributed by atoms with Gasteiger partial charge in [-0.15, -0.1) is 0 Å². The van der Waals surface area contributed by atoms with Gasteiger partial charge in [0.25, 0.3) is 11.7 Å². The minimum Gasteiger partial charge on any atom is -0.507 e. The van der Waals surface area contributed by atoms with E-state index in [1.807, 2.05) is 52.8 Å². The van der Waals surface area contributed by atoms with Crippen LogP contribution in [0.25, 0.3) is 5.76 Å². The maximum absolute atomic E-state index is 13.3. The van der Waals surface area contributed by atoms with Crippen LogP contribution in [-0.4, -0.2) is 55.2 Å². The summed E-state index contributed by atoms with van der Waals surface area (Å²) in [7, 11) is 3.13. The lowest BCUT2D eigenvalue weighted by Crippen LogP contribution is -2.33. The van der Waals surface area contributed by atoms with E-state index in [-0.39, 0.29) is 36.0 Å². The number of ether oxygens (including phenoxy) is 3. The van der Waals surface area contributed by atoms with E-state index in [1.165, 1.54) is 12.0 Å². The van der Waals surface area contributed by atoms with Gasteiger partial charge < -0.3 is 24.2 Å². The van der Waals surface area contributed by atoms with Gasteiger partial charge in [-0.1, -0.05) is 39.0 Å². The first-order chi connectivity index (χ1) is 16.5. The number of nitrogens with zero attached hydrogens (tertiary/aromatic N) is 1. The SMILES string of the molecule is COc1ccccc1C1/C(=C(\O)c2ccc(OC)c(C(C)(C)C)c2)C(=O)C(=O)N1CCOC(C)C. The lowest BCUT2D eigenvalue weighted by Gasteiger charge is -2.27. The molecular weight excluding hydrogens is 446 g/mol. The fraction of sp³-hybridized carbons (Fsp3) is 0.429. The van der Waals surface area contributed by atoms with Gasteiger partial charge in [-0.3, -0.25) is 9.59 Å². The molecule has 7 heteroatoms. The number of amides is 1. The van der Waals surface area contributed by atoms with E-state index in [9.17, 15) is 14.7 Å². The number of hydrogen-bond acceptors (Lipinski definition) is 6. The molecule has 1 atom stereocenters. The number of methoxy groups -OCH3 is 2. The summed E-state index contributed by atoms with van der Waals surface area (Å²) in [6, 6.07) is 11.6. The van der Waals surface area contributed by atoms with Gasteiger partial charge in [0.15, 0.2) is 0 Å². The first kappa shape index (κ1) is 26.3. The maximum atomic E-state index is 13.3. The molecule has 1 amide bonds. The summed E-state index contributed by atoms with van der Waals surface area (Å²) >= 11 is 0. The third-order valence-corrected chi connectivity index (χ3v) is 6.04. The smallest absolute Gasteiger partial charge is 0.295 e. The molecule has 0 aliphatic carbocycles. The van der Waals surface area contributed by atoms with Crippen LogP contribution in [0.5, 0.6) is 11.5 Å². The van der Waals surface area contributed by atoms with E-state index in [2.05, 4.69) is 0 Å². The zero-order valence-corrected chi connectivity index (χ0v) is 21.5. The highest BCUT2D eigenvalue weighted by Gasteiger charge is 2.47. The van der Waals surface area contributed by atoms with Crippen LogP contribution in [0, 0.1) is 0 Å². The summed E-state index contributed by atoms with van der Waals surface area (Å²) in [5.74, 6) is -0.457.